The SMILES string of the molecule is c1ccc(Cc2cccnc2SC(c2ccccc2)C2CN(Cc3ccccc3)CCO2)cc1. The van der Waals surface area contributed by atoms with Crippen LogP contribution >= 0.6 is 11.8 Å². The fraction of sp³-hybridized carbons (Fsp3) is 0.233. The fourth-order valence-corrected chi connectivity index (χ4v) is 5.77. The summed E-state index contributed by atoms with van der Waals surface area (Å²) in [5.41, 5.74) is 5.20. The zero-order chi connectivity index (χ0) is 23.0. The molecule has 2 unspecified atom stereocenters. The molecule has 0 bridgehead atoms. The summed E-state index contributed by atoms with van der Waals surface area (Å²) in [6, 6.07) is 36.4. The highest BCUT2D eigenvalue weighted by Gasteiger charge is 2.31. The molecule has 3 aromatic carbocycles. The first-order valence-electron chi connectivity index (χ1n) is 11.9. The first-order chi connectivity index (χ1) is 16.8. The van der Waals surface area contributed by atoms with Crippen molar-refractivity contribution in [2.45, 2.75) is 29.3 Å². The van der Waals surface area contributed by atoms with Gasteiger partial charge in [-0.05, 0) is 28.3 Å². The third-order valence-electron chi connectivity index (χ3n) is 6.22. The molecule has 5 rings (SSSR count). The Bertz CT molecular complexity index is 1150. The van der Waals surface area contributed by atoms with E-state index in [1.165, 1.54) is 22.3 Å². The van der Waals surface area contributed by atoms with Crippen LogP contribution in [0, 0.1) is 0 Å². The van der Waals surface area contributed by atoms with Gasteiger partial charge in [0, 0.05) is 32.3 Å². The van der Waals surface area contributed by atoms with Crippen molar-refractivity contribution in [1.82, 2.24) is 9.88 Å². The molecule has 3 nitrogen and oxygen atoms in total. The molecule has 1 aromatic heterocycles. The molecule has 0 amide bonds. The molecule has 0 N–H and O–H groups in total. The van der Waals surface area contributed by atoms with Crippen molar-refractivity contribution >= 4 is 11.8 Å². The Morgan fingerprint density at radius 2 is 1.50 bits per heavy atom. The Kier molecular flexibility index (Phi) is 7.71. The van der Waals surface area contributed by atoms with Crippen LogP contribution in [0.1, 0.15) is 27.5 Å². The largest absolute Gasteiger partial charge is 0.374 e. The summed E-state index contributed by atoms with van der Waals surface area (Å²) >= 11 is 1.84. The van der Waals surface area contributed by atoms with E-state index in [4.69, 9.17) is 9.72 Å². The van der Waals surface area contributed by atoms with Crippen molar-refractivity contribution < 1.29 is 4.74 Å². The van der Waals surface area contributed by atoms with E-state index in [2.05, 4.69) is 102 Å². The molecule has 1 aliphatic heterocycles. The Morgan fingerprint density at radius 1 is 0.824 bits per heavy atom. The third-order valence-corrected chi connectivity index (χ3v) is 7.64. The summed E-state index contributed by atoms with van der Waals surface area (Å²) < 4.78 is 6.40. The van der Waals surface area contributed by atoms with E-state index in [0.717, 1.165) is 37.7 Å². The van der Waals surface area contributed by atoms with Gasteiger partial charge >= 0.3 is 0 Å². The van der Waals surface area contributed by atoms with Crippen LogP contribution in [0.3, 0.4) is 0 Å². The molecule has 4 heteroatoms. The highest BCUT2D eigenvalue weighted by atomic mass is 32.2. The average molecular weight is 467 g/mol. The Morgan fingerprint density at radius 3 is 2.24 bits per heavy atom. The van der Waals surface area contributed by atoms with Gasteiger partial charge in [-0.3, -0.25) is 4.90 Å². The summed E-state index contributed by atoms with van der Waals surface area (Å²) in [5.74, 6) is 0. The predicted octanol–water partition coefficient (Wildman–Crippen LogP) is 6.41. The van der Waals surface area contributed by atoms with Crippen LogP contribution in [0.4, 0.5) is 0 Å². The minimum Gasteiger partial charge on any atom is -0.374 e. The molecule has 0 aliphatic carbocycles. The van der Waals surface area contributed by atoms with E-state index < -0.39 is 0 Å². The van der Waals surface area contributed by atoms with Crippen LogP contribution < -0.4 is 0 Å². The molecule has 0 saturated carbocycles. The van der Waals surface area contributed by atoms with Crippen molar-refractivity contribution in [1.29, 1.82) is 0 Å². The van der Waals surface area contributed by atoms with Crippen LogP contribution in [0.15, 0.2) is 114 Å². The summed E-state index contributed by atoms with van der Waals surface area (Å²) in [7, 11) is 0. The van der Waals surface area contributed by atoms with Gasteiger partial charge in [-0.1, -0.05) is 109 Å². The molecule has 1 fully saturated rings. The van der Waals surface area contributed by atoms with Gasteiger partial charge in [0.15, 0.2) is 0 Å². The number of aromatic nitrogens is 1. The maximum Gasteiger partial charge on any atom is 0.100 e. The number of benzene rings is 3. The minimum atomic E-state index is 0.0939. The first-order valence-corrected chi connectivity index (χ1v) is 12.8. The van der Waals surface area contributed by atoms with Crippen LogP contribution in [0.5, 0.6) is 0 Å². The van der Waals surface area contributed by atoms with Gasteiger partial charge in [0.05, 0.1) is 18.0 Å². The van der Waals surface area contributed by atoms with E-state index in [0.29, 0.717) is 0 Å². The zero-order valence-corrected chi connectivity index (χ0v) is 20.1. The molecule has 34 heavy (non-hydrogen) atoms. The Balaban J connectivity index is 1.38. The molecular weight excluding hydrogens is 436 g/mol. The number of rotatable bonds is 8. The number of hydrogen-bond donors (Lipinski definition) is 0. The molecule has 2 atom stereocenters. The predicted molar refractivity (Wildman–Crippen MR) is 140 cm³/mol. The quantitative estimate of drug-likeness (QED) is 0.280. The topological polar surface area (TPSA) is 25.4 Å². The van der Waals surface area contributed by atoms with E-state index in [1.54, 1.807) is 0 Å². The first kappa shape index (κ1) is 22.9. The zero-order valence-electron chi connectivity index (χ0n) is 19.3. The van der Waals surface area contributed by atoms with Gasteiger partial charge in [-0.15, -0.1) is 0 Å². The molecule has 4 aromatic rings. The number of pyridine rings is 1. The lowest BCUT2D eigenvalue weighted by molar-refractivity contribution is -0.0320. The van der Waals surface area contributed by atoms with E-state index in [-0.39, 0.29) is 11.4 Å². The molecular formula is C30H30N2OS. The van der Waals surface area contributed by atoms with Gasteiger partial charge in [-0.25, -0.2) is 4.98 Å². The Labute approximate surface area is 206 Å². The van der Waals surface area contributed by atoms with Crippen LogP contribution in [-0.2, 0) is 17.7 Å². The standard InChI is InChI=1S/C30H30N2OS/c1-4-11-24(12-5-1)21-27-17-10-18-31-30(27)34-29(26-15-8-3-9-16-26)28-23-32(19-20-33-28)22-25-13-6-2-7-14-25/h1-18,28-29H,19-23H2. The molecule has 0 radical (unpaired) electrons. The van der Waals surface area contributed by atoms with E-state index in [9.17, 15) is 0 Å². The van der Waals surface area contributed by atoms with Gasteiger partial charge in [0.1, 0.15) is 5.03 Å². The number of nitrogens with zero attached hydrogens (tertiary/aromatic N) is 2. The minimum absolute atomic E-state index is 0.0939. The summed E-state index contributed by atoms with van der Waals surface area (Å²) in [4.78, 5) is 7.33. The number of hydrogen-bond acceptors (Lipinski definition) is 4. The van der Waals surface area contributed by atoms with Crippen LogP contribution in [-0.4, -0.2) is 35.7 Å². The third kappa shape index (κ3) is 5.95. The van der Waals surface area contributed by atoms with Gasteiger partial charge in [0.25, 0.3) is 0 Å². The summed E-state index contributed by atoms with van der Waals surface area (Å²) in [6.07, 6.45) is 2.88. The highest BCUT2D eigenvalue weighted by Crippen LogP contribution is 2.41. The molecule has 1 saturated heterocycles. The number of ether oxygens (including phenoxy) is 1. The normalized spacial score (nSPS) is 17.4. The number of morpholine rings is 1. The monoisotopic (exact) mass is 466 g/mol. The van der Waals surface area contributed by atoms with Gasteiger partial charge < -0.3 is 4.74 Å². The van der Waals surface area contributed by atoms with Crippen molar-refractivity contribution in [2.24, 2.45) is 0 Å². The van der Waals surface area contributed by atoms with Crippen molar-refractivity contribution in [2.75, 3.05) is 19.7 Å². The molecule has 0 spiro atoms. The maximum absolute atomic E-state index is 6.40. The summed E-state index contributed by atoms with van der Waals surface area (Å²) in [6.45, 7) is 3.57. The second-order valence-electron chi connectivity index (χ2n) is 8.71. The second-order valence-corrected chi connectivity index (χ2v) is 9.84. The lowest BCUT2D eigenvalue weighted by Gasteiger charge is -2.37. The van der Waals surface area contributed by atoms with E-state index in [1.807, 2.05) is 24.0 Å². The lowest BCUT2D eigenvalue weighted by Crippen LogP contribution is -2.44. The van der Waals surface area contributed by atoms with Gasteiger partial charge in [-0.2, -0.15) is 0 Å². The number of thioether (sulfide) groups is 1. The molecule has 1 aliphatic rings. The average Bonchev–Trinajstić information content (AvgIpc) is 2.90. The smallest absolute Gasteiger partial charge is 0.100 e. The fourth-order valence-electron chi connectivity index (χ4n) is 4.50. The Hall–Kier alpha value is -2.92. The van der Waals surface area contributed by atoms with Crippen LogP contribution in [0.2, 0.25) is 0 Å². The van der Waals surface area contributed by atoms with Crippen LogP contribution in [0.25, 0.3) is 0 Å². The van der Waals surface area contributed by atoms with Gasteiger partial charge in [0.2, 0.25) is 0 Å². The summed E-state index contributed by atoms with van der Waals surface area (Å²) in [5, 5.41) is 1.26. The molecule has 2 heterocycles. The lowest BCUT2D eigenvalue weighted by atomic mass is 10.1. The van der Waals surface area contributed by atoms with Crippen molar-refractivity contribution in [3.05, 3.63) is 132 Å². The highest BCUT2D eigenvalue weighted by molar-refractivity contribution is 7.99. The van der Waals surface area contributed by atoms with E-state index >= 15 is 0 Å². The molecule has 172 valence electrons. The second kappa shape index (κ2) is 11.5. The van der Waals surface area contributed by atoms with Crippen molar-refractivity contribution in [3.63, 3.8) is 0 Å². The maximum atomic E-state index is 6.40. The van der Waals surface area contributed by atoms with Crippen molar-refractivity contribution in [3.8, 4) is 0 Å².